The van der Waals surface area contributed by atoms with Crippen molar-refractivity contribution in [3.8, 4) is 11.3 Å². The highest BCUT2D eigenvalue weighted by atomic mass is 35.5. The highest BCUT2D eigenvalue weighted by molar-refractivity contribution is 6.30. The SMILES string of the molecule is C=C(Cn1ccnc1)[C@H]1CC[C@H]2[C@@H]3CC[C@H]4C[C@@](O)(C#CCl)CC[C@@H]4[C@H]3CC[C@]12C.C=C(Cn1ccnc1)[C@H]1CC[C@H]2[C@@H]3CC[C@H]4C[C@@](O)(C(F)F)CC[C@@H]4[C@H]3CC[C@]12C.C=C(Cn1nccn1)[C@H]1CC[C@H]2[C@@H]3CC[C@H]4C[C@@](O)(CF)CC[C@@H]4[C@H]3CC[C@]12C.C=C(Cn1nccn1)[C@H]1CC[C@H]2[C@@H]3CC[C@H]4C[C@@](O)(COC)CC[C@@H]4[C@H]3CC[C@]12C.C=C(Cn1nccn1)[C@H]1CC[C@H]2[C@@H]3CC[C@H]4C[C@](C)(O)CC[C@@H]4[C@H]3CC[C@]12C. The van der Waals surface area contributed by atoms with Gasteiger partial charge in [-0.15, -0.1) is 0 Å². The maximum atomic E-state index is 13.4. The van der Waals surface area contributed by atoms with Gasteiger partial charge in [-0.1, -0.05) is 101 Å². The Bertz CT molecular complexity index is 5390. The van der Waals surface area contributed by atoms with E-state index in [4.69, 9.17) is 16.3 Å². The van der Waals surface area contributed by atoms with Crippen LogP contribution in [0.5, 0.6) is 0 Å². The Morgan fingerprint density at radius 2 is 0.633 bits per heavy atom. The largest absolute Gasteiger partial charge is 0.390 e. The molecule has 0 aliphatic heterocycles. The van der Waals surface area contributed by atoms with Crippen LogP contribution >= 0.6 is 11.6 Å². The molecule has 0 unspecified atom stereocenters. The number of imidazole rings is 2. The number of halogens is 4. The lowest BCUT2D eigenvalue weighted by Crippen LogP contribution is -2.52. The van der Waals surface area contributed by atoms with E-state index in [1.54, 1.807) is 58.7 Å². The summed E-state index contributed by atoms with van der Waals surface area (Å²) in [6.07, 6.45) is 71.2. The monoisotopic (exact) mass is 2040 g/mol. The van der Waals surface area contributed by atoms with Crippen molar-refractivity contribution < 1.29 is 43.4 Å². The zero-order valence-electron chi connectivity index (χ0n) is 90.6. The number of methoxy groups -OCH3 is 1. The molecular formula is C124H183ClF3N13O6. The van der Waals surface area contributed by atoms with Crippen molar-refractivity contribution in [3.05, 3.63) is 135 Å². The van der Waals surface area contributed by atoms with Crippen LogP contribution in [0.15, 0.2) is 135 Å². The summed E-state index contributed by atoms with van der Waals surface area (Å²) < 4.78 is 49.8. The van der Waals surface area contributed by atoms with Gasteiger partial charge in [0.15, 0.2) is 0 Å². The standard InChI is InChI=1S/C26H35ClN2O.C25H36F2N2O.C25H39N3O2.C24H36FN3O.C24H37N3O/c1-18(16-29-14-13-28-17-29)23-5-6-24-22-4-3-19-15-26(30,11-12-27)10-8-20(19)21(22)7-9-25(23,24)2;1-16(14-29-12-11-28-15-29)21-5-6-22-20-4-3-17-13-25(30,23(26)27)10-8-18(17)19(20)7-9-24(21,22)2;1-17(15-28-26-12-13-27-28)22-6-7-23-21-5-4-18-14-25(29,16-30-3)11-9-19(18)20(21)8-10-24(22,23)2;1-16(14-28-26-11-12-27-28)21-5-6-22-20-4-3-17-13-24(29,15-25)10-8-18(17)19(20)7-9-23(21,22)2;1-16(15-27-25-12-13-26-27)21-6-7-22-20-5-4-17-14-23(2,28)10-8-18(17)19(20)9-11-24(21,22)3/h13-14,17,19-24,30H,1,3-10,15-16H2,2H3;11-12,15,17-23,30H,1,3-10,13-14H2,2H3;12-13,18-23,29H,1,4-11,14-16H2,2-3H3;11-12,17-22,29H,1,3-10,13-15H2,2H3;12-13,17-22,28H,1,4-11,14-15H2,2-3H3/t19-,20-,21+,22+,23+,24-,25+,26-;17-,18-,19+,20+,21+,22-,24+,25+;18-,19-,20+,21+,22+,23-,24+,25+;2*17-,18-,19+,20+,21+,22-,23+,24+/m00000/s1. The second-order valence-electron chi connectivity index (χ2n) is 55.4. The van der Waals surface area contributed by atoms with Crippen molar-refractivity contribution in [2.24, 2.45) is 205 Å². The van der Waals surface area contributed by atoms with E-state index in [1.807, 2.05) is 31.2 Å². The highest BCUT2D eigenvalue weighted by Crippen LogP contribution is 2.73. The second-order valence-corrected chi connectivity index (χ2v) is 55.6. The molecule has 0 saturated heterocycles. The number of ether oxygens (including phenoxy) is 1. The molecule has 20 aliphatic rings. The third kappa shape index (κ3) is 20.4. The van der Waals surface area contributed by atoms with Gasteiger partial charge in [-0.2, -0.15) is 45.0 Å². The summed E-state index contributed by atoms with van der Waals surface area (Å²) >= 11 is 5.64. The van der Waals surface area contributed by atoms with Gasteiger partial charge >= 0.3 is 0 Å². The average Bonchev–Trinajstić information content (AvgIpc) is 1.61. The molecule has 147 heavy (non-hydrogen) atoms. The Labute approximate surface area is 883 Å². The molecule has 0 spiro atoms. The first-order chi connectivity index (χ1) is 70.5. The van der Waals surface area contributed by atoms with Crippen LogP contribution in [0, 0.1) is 216 Å². The molecule has 0 amide bonds. The average molecular weight is 2040 g/mol. The topological polar surface area (TPSA) is 238 Å². The van der Waals surface area contributed by atoms with Gasteiger partial charge in [-0.25, -0.2) is 23.1 Å². The maximum Gasteiger partial charge on any atom is 0.266 e. The van der Waals surface area contributed by atoms with Gasteiger partial charge in [0.25, 0.3) is 6.43 Å². The zero-order chi connectivity index (χ0) is 103. The molecule has 5 N–H and O–H groups in total. The smallest absolute Gasteiger partial charge is 0.266 e. The fourth-order valence-electron chi connectivity index (χ4n) is 42.4. The molecule has 0 aromatic carbocycles. The normalized spacial score (nSPS) is 46.0. The fourth-order valence-corrected chi connectivity index (χ4v) is 42.5. The number of aliphatic hydroxyl groups is 5. The Balaban J connectivity index is 0.000000108. The van der Waals surface area contributed by atoms with Gasteiger partial charge in [0.05, 0.1) is 92.9 Å². The Kier molecular flexibility index (Phi) is 30.9. The Morgan fingerprint density at radius 1 is 0.340 bits per heavy atom. The third-order valence-corrected chi connectivity index (χ3v) is 48.7. The number of hydrogen-bond donors (Lipinski definition) is 5. The van der Waals surface area contributed by atoms with E-state index in [0.29, 0.717) is 118 Å². The van der Waals surface area contributed by atoms with Crippen molar-refractivity contribution in [2.45, 2.75) is 398 Å². The van der Waals surface area contributed by atoms with Crippen LogP contribution in [-0.2, 0) is 37.5 Å². The summed E-state index contributed by atoms with van der Waals surface area (Å²) in [4.78, 5) is 13.7. The number of rotatable bonds is 19. The van der Waals surface area contributed by atoms with Crippen LogP contribution in [0.3, 0.4) is 0 Å². The van der Waals surface area contributed by atoms with Crippen molar-refractivity contribution in [1.82, 2.24) is 64.1 Å². The van der Waals surface area contributed by atoms with Crippen LogP contribution in [0.1, 0.15) is 330 Å². The third-order valence-electron chi connectivity index (χ3n) is 48.6. The summed E-state index contributed by atoms with van der Waals surface area (Å²) in [5.74, 6) is 24.9. The predicted molar refractivity (Wildman–Crippen MR) is 571 cm³/mol. The summed E-state index contributed by atoms with van der Waals surface area (Å²) in [5.41, 5.74) is 3.98. The molecular weight excluding hydrogens is 1860 g/mol. The number of aromatic nitrogens is 13. The number of nitrogens with zero attached hydrogens (tertiary/aromatic N) is 13. The molecule has 20 aliphatic carbocycles. The molecule has 20 fully saturated rings. The van der Waals surface area contributed by atoms with Gasteiger partial charge < -0.3 is 39.4 Å². The predicted octanol–water partition coefficient (Wildman–Crippen LogP) is 25.5. The minimum absolute atomic E-state index is 0.279. The van der Waals surface area contributed by atoms with Crippen LogP contribution in [0.25, 0.3) is 0 Å². The molecule has 808 valence electrons. The number of alkyl halides is 3. The summed E-state index contributed by atoms with van der Waals surface area (Å²) in [5, 5.41) is 81.5. The van der Waals surface area contributed by atoms with E-state index in [0.717, 1.165) is 210 Å². The Hall–Kier alpha value is -6.06. The van der Waals surface area contributed by atoms with Gasteiger partial charge in [0, 0.05) is 50.4 Å². The lowest BCUT2D eigenvalue weighted by Gasteiger charge is -2.57. The van der Waals surface area contributed by atoms with E-state index < -0.39 is 41.1 Å². The van der Waals surface area contributed by atoms with Crippen LogP contribution < -0.4 is 0 Å². The Morgan fingerprint density at radius 3 is 0.952 bits per heavy atom. The molecule has 5 aromatic rings. The first-order valence-corrected chi connectivity index (χ1v) is 59.8. The van der Waals surface area contributed by atoms with E-state index in [2.05, 4.69) is 142 Å². The quantitative estimate of drug-likeness (QED) is 0.0382. The van der Waals surface area contributed by atoms with Gasteiger partial charge in [-0.05, 0) is 512 Å². The highest BCUT2D eigenvalue weighted by Gasteiger charge is 2.66. The number of hydrogen-bond acceptors (Lipinski definition) is 14. The van der Waals surface area contributed by atoms with E-state index in [9.17, 15) is 38.7 Å². The van der Waals surface area contributed by atoms with Crippen molar-refractivity contribution in [2.75, 3.05) is 20.4 Å². The molecule has 0 bridgehead atoms. The van der Waals surface area contributed by atoms with Crippen LogP contribution in [0.4, 0.5) is 13.2 Å². The minimum atomic E-state index is -2.61. The summed E-state index contributed by atoms with van der Waals surface area (Å²) in [6.45, 7) is 41.3. The molecule has 5 aromatic heterocycles. The first kappa shape index (κ1) is 107. The van der Waals surface area contributed by atoms with E-state index in [1.165, 1.54) is 220 Å². The van der Waals surface area contributed by atoms with E-state index >= 15 is 0 Å². The molecule has 20 saturated carbocycles. The molecule has 40 atom stereocenters. The maximum absolute atomic E-state index is 13.4. The number of fused-ring (bicyclic) bond motifs is 25. The second kappa shape index (κ2) is 42.6. The first-order valence-electron chi connectivity index (χ1n) is 59.4. The zero-order valence-corrected chi connectivity index (χ0v) is 91.4. The van der Waals surface area contributed by atoms with Gasteiger partial charge in [0.2, 0.25) is 0 Å². The van der Waals surface area contributed by atoms with E-state index in [-0.39, 0.29) is 12.3 Å². The molecule has 0 radical (unpaired) electrons. The summed E-state index contributed by atoms with van der Waals surface area (Å²) in [6, 6.07) is 0. The molecule has 25 rings (SSSR count). The fraction of sp³-hybridized carbons (Fsp3) is 0.806. The van der Waals surface area contributed by atoms with Crippen molar-refractivity contribution >= 4 is 11.6 Å². The van der Waals surface area contributed by atoms with Crippen LogP contribution in [-0.4, -0.2) is 144 Å². The minimum Gasteiger partial charge on any atom is -0.390 e. The molecule has 23 heteroatoms. The molecule has 19 nitrogen and oxygen atoms in total. The van der Waals surface area contributed by atoms with Gasteiger partial charge in [-0.3, -0.25) is 0 Å². The van der Waals surface area contributed by atoms with Crippen LogP contribution in [0.2, 0.25) is 0 Å². The molecule has 5 heterocycles. The summed E-state index contributed by atoms with van der Waals surface area (Å²) in [7, 11) is 1.72. The lowest BCUT2D eigenvalue weighted by atomic mass is 9.48. The van der Waals surface area contributed by atoms with Crippen molar-refractivity contribution in [3.63, 3.8) is 0 Å². The lowest BCUT2D eigenvalue weighted by molar-refractivity contribution is -0.158. The van der Waals surface area contributed by atoms with Crippen molar-refractivity contribution in [1.29, 1.82) is 0 Å². The van der Waals surface area contributed by atoms with Gasteiger partial charge in [0.1, 0.15) is 17.9 Å². The number of allylic oxidation sites excluding steroid dienone is 5.